The van der Waals surface area contributed by atoms with Crippen LogP contribution in [0.5, 0.6) is 11.5 Å². The van der Waals surface area contributed by atoms with Gasteiger partial charge in [-0.25, -0.2) is 0 Å². The maximum Gasteiger partial charge on any atom is 0.254 e. The molecule has 0 saturated carbocycles. The first-order valence-corrected chi connectivity index (χ1v) is 14.1. The van der Waals surface area contributed by atoms with Crippen LogP contribution in [0.1, 0.15) is 26.4 Å². The Hall–Kier alpha value is -3.88. The van der Waals surface area contributed by atoms with Crippen LogP contribution in [0, 0.1) is 6.92 Å². The summed E-state index contributed by atoms with van der Waals surface area (Å²) in [5, 5.41) is 4.08. The number of fused-ring (bicyclic) bond motifs is 1. The number of thiophene rings is 1. The predicted molar refractivity (Wildman–Crippen MR) is 159 cm³/mol. The van der Waals surface area contributed by atoms with Crippen molar-refractivity contribution in [3.05, 3.63) is 93.7 Å². The van der Waals surface area contributed by atoms with E-state index in [9.17, 15) is 9.59 Å². The minimum atomic E-state index is -0.191. The second-order valence-electron chi connectivity index (χ2n) is 9.56. The van der Waals surface area contributed by atoms with E-state index in [4.69, 9.17) is 14.2 Å². The van der Waals surface area contributed by atoms with Crippen LogP contribution in [0.2, 0.25) is 0 Å². The van der Waals surface area contributed by atoms with Gasteiger partial charge in [0.2, 0.25) is 5.91 Å². The lowest BCUT2D eigenvalue weighted by atomic mass is 10.1. The summed E-state index contributed by atoms with van der Waals surface area (Å²) in [7, 11) is 4.81. The zero-order chi connectivity index (χ0) is 28.5. The van der Waals surface area contributed by atoms with Gasteiger partial charge >= 0.3 is 0 Å². The lowest BCUT2D eigenvalue weighted by Crippen LogP contribution is -2.44. The summed E-state index contributed by atoms with van der Waals surface area (Å²) in [4.78, 5) is 32.0. The molecule has 0 radical (unpaired) electrons. The summed E-state index contributed by atoms with van der Waals surface area (Å²) >= 11 is 1.63. The summed E-state index contributed by atoms with van der Waals surface area (Å²) in [6.45, 7) is 3.64. The standard InChI is InChI=1S/C32H36N2O5S/c1-23-14-18-40-30(23)21-33(15-13-24-9-12-28(38-3)29(19-24)39-4)31(35)22-34(16-17-37-2)32(36)27-11-10-25-7-5-6-8-26(25)20-27/h5-12,14,18-20H,13,15-17,21-22H2,1-4H3. The van der Waals surface area contributed by atoms with E-state index >= 15 is 0 Å². The molecule has 8 heteroatoms. The molecule has 0 atom stereocenters. The van der Waals surface area contributed by atoms with Gasteiger partial charge in [0.15, 0.2) is 11.5 Å². The number of hydrogen-bond donors (Lipinski definition) is 0. The van der Waals surface area contributed by atoms with E-state index < -0.39 is 0 Å². The number of amides is 2. The van der Waals surface area contributed by atoms with Crippen molar-refractivity contribution in [2.75, 3.05) is 47.6 Å². The third-order valence-corrected chi connectivity index (χ3v) is 7.96. The van der Waals surface area contributed by atoms with Gasteiger partial charge in [0.1, 0.15) is 6.54 Å². The van der Waals surface area contributed by atoms with Gasteiger partial charge in [-0.3, -0.25) is 9.59 Å². The molecule has 4 rings (SSSR count). The van der Waals surface area contributed by atoms with Crippen LogP contribution in [-0.4, -0.2) is 69.2 Å². The van der Waals surface area contributed by atoms with Crippen molar-refractivity contribution in [2.24, 2.45) is 0 Å². The molecule has 0 saturated heterocycles. The molecule has 1 heterocycles. The van der Waals surface area contributed by atoms with Crippen molar-refractivity contribution in [1.82, 2.24) is 9.80 Å². The number of rotatable bonds is 13. The van der Waals surface area contributed by atoms with Gasteiger partial charge in [0, 0.05) is 30.6 Å². The molecule has 210 valence electrons. The molecule has 4 aromatic rings. The monoisotopic (exact) mass is 560 g/mol. The summed E-state index contributed by atoms with van der Waals surface area (Å²) in [5.41, 5.74) is 2.73. The Bertz CT molecular complexity index is 1450. The highest BCUT2D eigenvalue weighted by Gasteiger charge is 2.23. The summed E-state index contributed by atoms with van der Waals surface area (Å²) < 4.78 is 16.1. The molecule has 0 N–H and O–H groups in total. The normalized spacial score (nSPS) is 10.9. The fourth-order valence-corrected chi connectivity index (χ4v) is 5.47. The molecule has 3 aromatic carbocycles. The van der Waals surface area contributed by atoms with Crippen molar-refractivity contribution in [3.8, 4) is 11.5 Å². The fraction of sp³-hybridized carbons (Fsp3) is 0.312. The fourth-order valence-electron chi connectivity index (χ4n) is 4.55. The van der Waals surface area contributed by atoms with E-state index in [1.807, 2.05) is 70.9 Å². The van der Waals surface area contributed by atoms with Gasteiger partial charge in [0.05, 0.1) is 27.4 Å². The second kappa shape index (κ2) is 14.0. The van der Waals surface area contributed by atoms with Crippen LogP contribution in [0.15, 0.2) is 72.1 Å². The number of ether oxygens (including phenoxy) is 3. The molecular formula is C32H36N2O5S. The number of carbonyl (C=O) groups excluding carboxylic acids is 2. The molecule has 0 aliphatic heterocycles. The van der Waals surface area contributed by atoms with Crippen molar-refractivity contribution in [3.63, 3.8) is 0 Å². The van der Waals surface area contributed by atoms with Crippen molar-refractivity contribution in [1.29, 1.82) is 0 Å². The van der Waals surface area contributed by atoms with E-state index in [0.29, 0.717) is 49.7 Å². The average Bonchev–Trinajstić information content (AvgIpc) is 3.40. The minimum Gasteiger partial charge on any atom is -0.493 e. The molecule has 0 spiro atoms. The number of aryl methyl sites for hydroxylation is 1. The molecule has 0 aliphatic rings. The maximum atomic E-state index is 13.8. The maximum absolute atomic E-state index is 13.8. The van der Waals surface area contributed by atoms with E-state index in [-0.39, 0.29) is 18.4 Å². The van der Waals surface area contributed by atoms with Gasteiger partial charge in [-0.15, -0.1) is 11.3 Å². The zero-order valence-corrected chi connectivity index (χ0v) is 24.3. The van der Waals surface area contributed by atoms with Crippen molar-refractivity contribution < 1.29 is 23.8 Å². The van der Waals surface area contributed by atoms with Gasteiger partial charge in [0.25, 0.3) is 5.91 Å². The lowest BCUT2D eigenvalue weighted by Gasteiger charge is -2.28. The molecule has 2 amide bonds. The number of benzene rings is 3. The average molecular weight is 561 g/mol. The van der Waals surface area contributed by atoms with Crippen LogP contribution < -0.4 is 9.47 Å². The third-order valence-electron chi connectivity index (χ3n) is 6.95. The van der Waals surface area contributed by atoms with Gasteiger partial charge in [-0.2, -0.15) is 0 Å². The number of hydrogen-bond acceptors (Lipinski definition) is 6. The van der Waals surface area contributed by atoms with Gasteiger partial charge < -0.3 is 24.0 Å². The van der Waals surface area contributed by atoms with Crippen LogP contribution in [0.4, 0.5) is 0 Å². The smallest absolute Gasteiger partial charge is 0.254 e. The lowest BCUT2D eigenvalue weighted by molar-refractivity contribution is -0.132. The molecule has 0 unspecified atom stereocenters. The van der Waals surface area contributed by atoms with Crippen LogP contribution in [-0.2, 0) is 22.5 Å². The highest BCUT2D eigenvalue weighted by atomic mass is 32.1. The SMILES string of the molecule is COCCN(CC(=O)N(CCc1ccc(OC)c(OC)c1)Cc1sccc1C)C(=O)c1ccc2ccccc2c1. The van der Waals surface area contributed by atoms with Crippen LogP contribution >= 0.6 is 11.3 Å². The van der Waals surface area contributed by atoms with Crippen LogP contribution in [0.3, 0.4) is 0 Å². The summed E-state index contributed by atoms with van der Waals surface area (Å²) in [6, 6.07) is 21.4. The van der Waals surface area contributed by atoms with Crippen LogP contribution in [0.25, 0.3) is 10.8 Å². The Balaban J connectivity index is 1.54. The topological polar surface area (TPSA) is 68.3 Å². The highest BCUT2D eigenvalue weighted by Crippen LogP contribution is 2.28. The third kappa shape index (κ3) is 7.20. The van der Waals surface area contributed by atoms with Gasteiger partial charge in [-0.1, -0.05) is 36.4 Å². The predicted octanol–water partition coefficient (Wildman–Crippen LogP) is 5.59. The first-order valence-electron chi connectivity index (χ1n) is 13.2. The largest absolute Gasteiger partial charge is 0.493 e. The first-order chi connectivity index (χ1) is 19.4. The molecule has 7 nitrogen and oxygen atoms in total. The Morgan fingerprint density at radius 1 is 0.825 bits per heavy atom. The molecule has 1 aromatic heterocycles. The minimum absolute atomic E-state index is 0.0363. The van der Waals surface area contributed by atoms with Crippen molar-refractivity contribution in [2.45, 2.75) is 19.9 Å². The second-order valence-corrected chi connectivity index (χ2v) is 10.6. The highest BCUT2D eigenvalue weighted by molar-refractivity contribution is 7.10. The summed E-state index contributed by atoms with van der Waals surface area (Å²) in [6.07, 6.45) is 0.632. The first kappa shape index (κ1) is 29.1. The Labute approximate surface area is 239 Å². The molecular weight excluding hydrogens is 524 g/mol. The van der Waals surface area contributed by atoms with Crippen molar-refractivity contribution >= 4 is 33.9 Å². The summed E-state index contributed by atoms with van der Waals surface area (Å²) in [5.74, 6) is 1.01. The molecule has 0 fully saturated rings. The number of nitrogens with zero attached hydrogens (tertiary/aromatic N) is 2. The van der Waals surface area contributed by atoms with Gasteiger partial charge in [-0.05, 0) is 71.0 Å². The zero-order valence-electron chi connectivity index (χ0n) is 23.5. The van der Waals surface area contributed by atoms with E-state index in [2.05, 4.69) is 13.0 Å². The van der Waals surface area contributed by atoms with E-state index in [1.165, 1.54) is 0 Å². The quantitative estimate of drug-likeness (QED) is 0.213. The molecule has 0 bridgehead atoms. The van der Waals surface area contributed by atoms with E-state index in [1.54, 1.807) is 37.6 Å². The Morgan fingerprint density at radius 3 is 2.30 bits per heavy atom. The molecule has 0 aliphatic carbocycles. The number of methoxy groups -OCH3 is 3. The Morgan fingerprint density at radius 2 is 1.60 bits per heavy atom. The van der Waals surface area contributed by atoms with E-state index in [0.717, 1.165) is 26.8 Å². The Kier molecular flexibility index (Phi) is 10.2. The molecule has 40 heavy (non-hydrogen) atoms. The number of carbonyl (C=O) groups is 2.